The van der Waals surface area contributed by atoms with E-state index in [9.17, 15) is 15.0 Å². The summed E-state index contributed by atoms with van der Waals surface area (Å²) in [4.78, 5) is 11.3. The summed E-state index contributed by atoms with van der Waals surface area (Å²) in [6, 6.07) is 22.3. The van der Waals surface area contributed by atoms with E-state index >= 15 is 0 Å². The highest BCUT2D eigenvalue weighted by Crippen LogP contribution is 2.36. The van der Waals surface area contributed by atoms with Crippen molar-refractivity contribution in [3.63, 3.8) is 0 Å². The lowest BCUT2D eigenvalue weighted by Gasteiger charge is -2.25. The Morgan fingerprint density at radius 3 is 2.03 bits per heavy atom. The first-order valence-corrected chi connectivity index (χ1v) is 12.6. The van der Waals surface area contributed by atoms with Crippen molar-refractivity contribution in [2.24, 2.45) is 11.8 Å². The number of aliphatic carboxylic acids is 1. The fourth-order valence-corrected chi connectivity index (χ4v) is 4.76. The molecule has 0 fully saturated rings. The fourth-order valence-electron chi connectivity index (χ4n) is 4.76. The summed E-state index contributed by atoms with van der Waals surface area (Å²) in [5.41, 5.74) is 5.05. The zero-order chi connectivity index (χ0) is 26.1. The first kappa shape index (κ1) is 27.3. The molecule has 5 heteroatoms. The molecule has 0 spiro atoms. The summed E-state index contributed by atoms with van der Waals surface area (Å²) in [7, 11) is 3.25. The molecule has 0 aliphatic heterocycles. The molecule has 3 aromatic rings. The van der Waals surface area contributed by atoms with E-state index < -0.39 is 18.0 Å². The van der Waals surface area contributed by atoms with E-state index in [-0.39, 0.29) is 5.92 Å². The molecule has 36 heavy (non-hydrogen) atoms. The molecule has 192 valence electrons. The number of carboxylic acid groups (broad SMARTS) is 1. The number of methoxy groups -OCH3 is 2. The molecule has 3 atom stereocenters. The van der Waals surface area contributed by atoms with Gasteiger partial charge in [0.15, 0.2) is 0 Å². The van der Waals surface area contributed by atoms with Gasteiger partial charge in [0.2, 0.25) is 0 Å². The van der Waals surface area contributed by atoms with E-state index in [1.54, 1.807) is 21.1 Å². The molecule has 0 amide bonds. The van der Waals surface area contributed by atoms with Crippen molar-refractivity contribution in [1.29, 1.82) is 0 Å². The van der Waals surface area contributed by atoms with Crippen LogP contribution in [0.2, 0.25) is 0 Å². The Morgan fingerprint density at radius 1 is 0.861 bits per heavy atom. The van der Waals surface area contributed by atoms with Gasteiger partial charge in [-0.2, -0.15) is 0 Å². The van der Waals surface area contributed by atoms with Crippen LogP contribution in [0.25, 0.3) is 0 Å². The summed E-state index contributed by atoms with van der Waals surface area (Å²) in [6.45, 7) is 3.66. The van der Waals surface area contributed by atoms with Gasteiger partial charge in [0.1, 0.15) is 11.5 Å². The largest absolute Gasteiger partial charge is 0.496 e. The van der Waals surface area contributed by atoms with Crippen molar-refractivity contribution in [3.8, 4) is 11.5 Å². The van der Waals surface area contributed by atoms with Crippen LogP contribution in [0, 0.1) is 18.8 Å². The summed E-state index contributed by atoms with van der Waals surface area (Å²) >= 11 is 0. The number of carbonyl (C=O) groups is 1. The molecule has 1 unspecified atom stereocenters. The topological polar surface area (TPSA) is 76.0 Å². The van der Waals surface area contributed by atoms with E-state index in [1.807, 2.05) is 37.3 Å². The zero-order valence-corrected chi connectivity index (χ0v) is 21.7. The van der Waals surface area contributed by atoms with Gasteiger partial charge >= 0.3 is 5.97 Å². The van der Waals surface area contributed by atoms with Crippen molar-refractivity contribution in [2.45, 2.75) is 52.1 Å². The number of ether oxygens (including phenoxy) is 2. The molecule has 0 bridgehead atoms. The number of rotatable bonds is 13. The zero-order valence-electron chi connectivity index (χ0n) is 21.7. The van der Waals surface area contributed by atoms with Crippen LogP contribution in [0.4, 0.5) is 0 Å². The molecule has 0 aliphatic carbocycles. The van der Waals surface area contributed by atoms with Crippen molar-refractivity contribution in [1.82, 2.24) is 0 Å². The maximum Gasteiger partial charge on any atom is 0.306 e. The van der Waals surface area contributed by atoms with Crippen LogP contribution in [-0.2, 0) is 24.1 Å². The lowest BCUT2D eigenvalue weighted by atomic mass is 9.84. The Bertz CT molecular complexity index is 1100. The van der Waals surface area contributed by atoms with Gasteiger partial charge in [0.05, 0.1) is 26.2 Å². The van der Waals surface area contributed by atoms with Crippen LogP contribution in [0.3, 0.4) is 0 Å². The molecule has 5 nitrogen and oxygen atoms in total. The highest BCUT2D eigenvalue weighted by atomic mass is 16.5. The minimum Gasteiger partial charge on any atom is -0.496 e. The lowest BCUT2D eigenvalue weighted by Crippen LogP contribution is -2.17. The van der Waals surface area contributed by atoms with E-state index in [1.165, 1.54) is 5.56 Å². The van der Waals surface area contributed by atoms with Crippen molar-refractivity contribution < 1.29 is 24.5 Å². The van der Waals surface area contributed by atoms with Gasteiger partial charge < -0.3 is 19.7 Å². The maximum absolute atomic E-state index is 11.6. The maximum atomic E-state index is 11.6. The number of hydrogen-bond donors (Lipinski definition) is 2. The van der Waals surface area contributed by atoms with E-state index in [4.69, 9.17) is 9.47 Å². The van der Waals surface area contributed by atoms with Crippen LogP contribution in [0.5, 0.6) is 11.5 Å². The minimum atomic E-state index is -0.795. The predicted octanol–water partition coefficient (Wildman–Crippen LogP) is 6.19. The van der Waals surface area contributed by atoms with Crippen LogP contribution in [0.1, 0.15) is 53.7 Å². The molecule has 0 saturated heterocycles. The van der Waals surface area contributed by atoms with Crippen molar-refractivity contribution in [3.05, 3.63) is 94.5 Å². The van der Waals surface area contributed by atoms with Gasteiger partial charge in [-0.05, 0) is 79.3 Å². The highest BCUT2D eigenvalue weighted by Gasteiger charge is 2.24. The molecule has 2 N–H and O–H groups in total. The Kier molecular flexibility index (Phi) is 9.95. The van der Waals surface area contributed by atoms with Gasteiger partial charge in [-0.1, -0.05) is 61.5 Å². The smallest absolute Gasteiger partial charge is 0.306 e. The molecule has 3 aromatic carbocycles. The molecule has 0 heterocycles. The molecule has 0 aliphatic rings. The summed E-state index contributed by atoms with van der Waals surface area (Å²) in [5, 5.41) is 20.9. The number of aliphatic hydroxyl groups is 1. The van der Waals surface area contributed by atoms with Gasteiger partial charge in [0, 0.05) is 5.56 Å². The normalized spacial score (nSPS) is 13.6. The summed E-state index contributed by atoms with van der Waals surface area (Å²) in [6.07, 6.45) is 3.19. The second-order valence-electron chi connectivity index (χ2n) is 9.60. The third-order valence-electron chi connectivity index (χ3n) is 6.90. The lowest BCUT2D eigenvalue weighted by molar-refractivity contribution is -0.141. The monoisotopic (exact) mass is 490 g/mol. The van der Waals surface area contributed by atoms with Gasteiger partial charge in [-0.3, -0.25) is 4.79 Å². The molecule has 0 aromatic heterocycles. The predicted molar refractivity (Wildman–Crippen MR) is 143 cm³/mol. The third kappa shape index (κ3) is 7.34. The minimum absolute atomic E-state index is 0.0297. The summed E-state index contributed by atoms with van der Waals surface area (Å²) < 4.78 is 11.1. The van der Waals surface area contributed by atoms with Crippen LogP contribution in [0.15, 0.2) is 66.7 Å². The molecular weight excluding hydrogens is 452 g/mol. The number of aryl methyl sites for hydroxylation is 1. The Labute approximate surface area is 214 Å². The Balaban J connectivity index is 1.85. The highest BCUT2D eigenvalue weighted by molar-refractivity contribution is 5.69. The van der Waals surface area contributed by atoms with Crippen LogP contribution < -0.4 is 9.47 Å². The molecule has 0 radical (unpaired) electrons. The molecule has 0 saturated carbocycles. The average Bonchev–Trinajstić information content (AvgIpc) is 2.88. The SMILES string of the molecule is COc1cc([C@@H](O)[C@@H](CCCc2ccccc2)Cc2cccc(CC(C)C(=O)O)c2)cc(OC)c1C. The Hall–Kier alpha value is -3.31. The van der Waals surface area contributed by atoms with Crippen molar-refractivity contribution >= 4 is 5.97 Å². The van der Waals surface area contributed by atoms with Crippen LogP contribution >= 0.6 is 0 Å². The first-order valence-electron chi connectivity index (χ1n) is 12.6. The van der Waals surface area contributed by atoms with Gasteiger partial charge in [0.25, 0.3) is 0 Å². The number of hydrogen-bond acceptors (Lipinski definition) is 4. The summed E-state index contributed by atoms with van der Waals surface area (Å²) in [5.74, 6) is 0.113. The number of carboxylic acids is 1. The number of benzene rings is 3. The van der Waals surface area contributed by atoms with Gasteiger partial charge in [-0.25, -0.2) is 0 Å². The van der Waals surface area contributed by atoms with Crippen molar-refractivity contribution in [2.75, 3.05) is 14.2 Å². The van der Waals surface area contributed by atoms with Crippen LogP contribution in [-0.4, -0.2) is 30.4 Å². The molecular formula is C31H38O5. The number of aliphatic hydroxyl groups excluding tert-OH is 1. The third-order valence-corrected chi connectivity index (χ3v) is 6.90. The standard InChI is InChI=1S/C31H38O5/c1-21(31(33)34)16-24-13-8-14-25(17-24)18-26(15-9-12-23-10-6-5-7-11-23)30(32)27-19-28(35-3)22(2)29(20-27)36-4/h5-8,10-11,13-14,17,19-21,26,30,32H,9,12,15-16,18H2,1-4H3,(H,33,34)/t21?,26-,30-/m0/s1. The fraction of sp³-hybridized carbons (Fsp3) is 0.387. The van der Waals surface area contributed by atoms with E-state index in [0.717, 1.165) is 41.5 Å². The second-order valence-corrected chi connectivity index (χ2v) is 9.60. The van der Waals surface area contributed by atoms with Gasteiger partial charge in [-0.15, -0.1) is 0 Å². The quantitative estimate of drug-likeness (QED) is 0.299. The first-order chi connectivity index (χ1) is 17.3. The second kappa shape index (κ2) is 13.1. The Morgan fingerprint density at radius 2 is 1.44 bits per heavy atom. The van der Waals surface area contributed by atoms with E-state index in [2.05, 4.69) is 36.4 Å². The van der Waals surface area contributed by atoms with E-state index in [0.29, 0.717) is 24.3 Å². The average molecular weight is 491 g/mol. The molecule has 3 rings (SSSR count).